The van der Waals surface area contributed by atoms with Crippen LogP contribution in [0.4, 0.5) is 0 Å². The highest BCUT2D eigenvalue weighted by Gasteiger charge is 2.27. The van der Waals surface area contributed by atoms with E-state index in [2.05, 4.69) is 6.92 Å². The molecule has 0 spiro atoms. The first-order valence-electron chi connectivity index (χ1n) is 5.25. The van der Waals surface area contributed by atoms with Crippen LogP contribution in [0.15, 0.2) is 0 Å². The molecule has 1 aliphatic heterocycles. The van der Waals surface area contributed by atoms with Crippen molar-refractivity contribution in [2.45, 2.75) is 25.0 Å². The first-order chi connectivity index (χ1) is 7.10. The van der Waals surface area contributed by atoms with Gasteiger partial charge in [-0.25, -0.2) is 8.42 Å². The van der Waals surface area contributed by atoms with E-state index in [1.807, 2.05) is 11.8 Å². The van der Waals surface area contributed by atoms with Gasteiger partial charge in [-0.2, -0.15) is 16.1 Å². The molecule has 15 heavy (non-hydrogen) atoms. The summed E-state index contributed by atoms with van der Waals surface area (Å²) in [6, 6.07) is 0. The Labute approximate surface area is 102 Å². The van der Waals surface area contributed by atoms with Crippen LogP contribution in [0.25, 0.3) is 0 Å². The van der Waals surface area contributed by atoms with Crippen LogP contribution in [-0.2, 0) is 10.0 Å². The molecule has 0 aromatic carbocycles. The Hall–Kier alpha value is 0.550. The normalized spacial score (nSPS) is 24.3. The molecule has 1 fully saturated rings. The molecule has 0 saturated carbocycles. The van der Waals surface area contributed by atoms with Gasteiger partial charge in [0.1, 0.15) is 0 Å². The Morgan fingerprint density at radius 1 is 1.53 bits per heavy atom. The predicted molar refractivity (Wildman–Crippen MR) is 67.2 cm³/mol. The number of nitrogens with zero attached hydrogens (tertiary/aromatic N) is 1. The van der Waals surface area contributed by atoms with Crippen molar-refractivity contribution in [2.24, 2.45) is 0 Å². The zero-order valence-corrected chi connectivity index (χ0v) is 11.4. The van der Waals surface area contributed by atoms with Gasteiger partial charge in [-0.1, -0.05) is 6.92 Å². The fraction of sp³-hybridized carbons (Fsp3) is 1.00. The van der Waals surface area contributed by atoms with Crippen LogP contribution in [0.2, 0.25) is 0 Å². The van der Waals surface area contributed by atoms with Crippen molar-refractivity contribution in [3.8, 4) is 0 Å². The van der Waals surface area contributed by atoms with Gasteiger partial charge in [0.2, 0.25) is 10.0 Å². The molecule has 3 nitrogen and oxygen atoms in total. The van der Waals surface area contributed by atoms with Crippen molar-refractivity contribution in [3.05, 3.63) is 0 Å². The number of alkyl halides is 1. The molecule has 0 aromatic rings. The summed E-state index contributed by atoms with van der Waals surface area (Å²) in [6.07, 6.45) is 1.58. The number of hydrogen-bond donors (Lipinski definition) is 0. The van der Waals surface area contributed by atoms with E-state index in [0.717, 1.165) is 12.2 Å². The van der Waals surface area contributed by atoms with Gasteiger partial charge in [-0.05, 0) is 12.8 Å². The maximum Gasteiger partial charge on any atom is 0.214 e. The van der Waals surface area contributed by atoms with Crippen LogP contribution in [0.1, 0.15) is 19.8 Å². The van der Waals surface area contributed by atoms with Crippen LogP contribution >= 0.6 is 23.4 Å². The first kappa shape index (κ1) is 13.6. The lowest BCUT2D eigenvalue weighted by Crippen LogP contribution is -2.42. The Kier molecular flexibility index (Phi) is 5.74. The Morgan fingerprint density at radius 3 is 2.87 bits per heavy atom. The van der Waals surface area contributed by atoms with Crippen LogP contribution in [0.5, 0.6) is 0 Å². The number of sulfonamides is 1. The summed E-state index contributed by atoms with van der Waals surface area (Å²) in [5, 5.41) is 0.463. The van der Waals surface area contributed by atoms with Crippen molar-refractivity contribution >= 4 is 33.4 Å². The Balaban J connectivity index is 2.54. The zero-order valence-electron chi connectivity index (χ0n) is 8.99. The lowest BCUT2D eigenvalue weighted by atomic mass is 10.3. The second kappa shape index (κ2) is 6.33. The molecule has 0 N–H and O–H groups in total. The molecular formula is C9H18ClNO2S2. The average molecular weight is 272 g/mol. The number of halogens is 1. The van der Waals surface area contributed by atoms with Gasteiger partial charge in [0, 0.05) is 30.0 Å². The quantitative estimate of drug-likeness (QED) is 0.716. The van der Waals surface area contributed by atoms with Gasteiger partial charge in [0.05, 0.1) is 5.75 Å². The van der Waals surface area contributed by atoms with Crippen molar-refractivity contribution < 1.29 is 8.42 Å². The standard InChI is InChI=1S/C9H18ClNO2S2/c1-2-9-8-11(5-6-14-9)15(12,13)7-3-4-10/h9H,2-8H2,1H3. The molecule has 1 unspecified atom stereocenters. The summed E-state index contributed by atoms with van der Waals surface area (Å²) in [4.78, 5) is 0. The molecule has 0 bridgehead atoms. The van der Waals surface area contributed by atoms with E-state index in [9.17, 15) is 8.42 Å². The maximum absolute atomic E-state index is 11.9. The van der Waals surface area contributed by atoms with Gasteiger partial charge in [0.15, 0.2) is 0 Å². The van der Waals surface area contributed by atoms with E-state index < -0.39 is 10.0 Å². The highest BCUT2D eigenvalue weighted by Crippen LogP contribution is 2.23. The summed E-state index contributed by atoms with van der Waals surface area (Å²) in [6.45, 7) is 3.43. The summed E-state index contributed by atoms with van der Waals surface area (Å²) in [7, 11) is -3.05. The number of thioether (sulfide) groups is 1. The smallest absolute Gasteiger partial charge is 0.212 e. The first-order valence-corrected chi connectivity index (χ1v) is 8.44. The number of hydrogen-bond acceptors (Lipinski definition) is 3. The van der Waals surface area contributed by atoms with Crippen LogP contribution in [0.3, 0.4) is 0 Å². The van der Waals surface area contributed by atoms with Crippen molar-refractivity contribution in [3.63, 3.8) is 0 Å². The van der Waals surface area contributed by atoms with E-state index in [1.165, 1.54) is 0 Å². The summed E-state index contributed by atoms with van der Waals surface area (Å²) in [5.74, 6) is 1.52. The molecule has 0 radical (unpaired) electrons. The molecule has 0 aliphatic carbocycles. The highest BCUT2D eigenvalue weighted by molar-refractivity contribution is 8.00. The summed E-state index contributed by atoms with van der Waals surface area (Å²) >= 11 is 7.39. The third-order valence-electron chi connectivity index (χ3n) is 2.49. The van der Waals surface area contributed by atoms with E-state index in [-0.39, 0.29) is 5.75 Å². The monoisotopic (exact) mass is 271 g/mol. The largest absolute Gasteiger partial charge is 0.214 e. The molecule has 1 rings (SSSR count). The molecular weight excluding hydrogens is 254 g/mol. The van der Waals surface area contributed by atoms with Crippen LogP contribution in [0, 0.1) is 0 Å². The lowest BCUT2D eigenvalue weighted by molar-refractivity contribution is 0.415. The molecule has 90 valence electrons. The zero-order chi connectivity index (χ0) is 11.3. The van der Waals surface area contributed by atoms with Crippen molar-refractivity contribution in [1.29, 1.82) is 0 Å². The van der Waals surface area contributed by atoms with E-state index in [0.29, 0.717) is 30.6 Å². The lowest BCUT2D eigenvalue weighted by Gasteiger charge is -2.30. The predicted octanol–water partition coefficient (Wildman–Crippen LogP) is 1.77. The van der Waals surface area contributed by atoms with Gasteiger partial charge in [-0.15, -0.1) is 11.6 Å². The summed E-state index contributed by atoms with van der Waals surface area (Å²) < 4.78 is 25.4. The van der Waals surface area contributed by atoms with E-state index in [1.54, 1.807) is 4.31 Å². The fourth-order valence-corrected chi connectivity index (χ4v) is 4.78. The molecule has 0 amide bonds. The minimum atomic E-state index is -3.05. The second-order valence-electron chi connectivity index (χ2n) is 3.62. The third-order valence-corrected chi connectivity index (χ3v) is 6.05. The van der Waals surface area contributed by atoms with Gasteiger partial charge >= 0.3 is 0 Å². The SMILES string of the molecule is CCC1CN(S(=O)(=O)CCCCl)CCS1. The fourth-order valence-electron chi connectivity index (χ4n) is 1.56. The van der Waals surface area contributed by atoms with E-state index >= 15 is 0 Å². The topological polar surface area (TPSA) is 37.4 Å². The van der Waals surface area contributed by atoms with Gasteiger partial charge in [0.25, 0.3) is 0 Å². The van der Waals surface area contributed by atoms with Gasteiger partial charge < -0.3 is 0 Å². The molecule has 6 heteroatoms. The third kappa shape index (κ3) is 4.13. The summed E-state index contributed by atoms with van der Waals surface area (Å²) in [5.41, 5.74) is 0. The number of rotatable bonds is 5. The Bertz CT molecular complexity index is 282. The molecule has 1 heterocycles. The molecule has 1 saturated heterocycles. The molecule has 1 aliphatic rings. The van der Waals surface area contributed by atoms with Gasteiger partial charge in [-0.3, -0.25) is 0 Å². The Morgan fingerprint density at radius 2 is 2.27 bits per heavy atom. The minimum Gasteiger partial charge on any atom is -0.212 e. The van der Waals surface area contributed by atoms with Crippen molar-refractivity contribution in [2.75, 3.05) is 30.5 Å². The average Bonchev–Trinajstić information content (AvgIpc) is 2.26. The second-order valence-corrected chi connectivity index (χ2v) is 7.49. The molecule has 1 atom stereocenters. The van der Waals surface area contributed by atoms with Crippen LogP contribution in [-0.4, -0.2) is 48.4 Å². The minimum absolute atomic E-state index is 0.192. The van der Waals surface area contributed by atoms with Crippen LogP contribution < -0.4 is 0 Å². The maximum atomic E-state index is 11.9. The highest BCUT2D eigenvalue weighted by atomic mass is 35.5. The van der Waals surface area contributed by atoms with Crippen molar-refractivity contribution in [1.82, 2.24) is 4.31 Å². The molecule has 0 aromatic heterocycles. The van der Waals surface area contributed by atoms with E-state index in [4.69, 9.17) is 11.6 Å².